The fraction of sp³-hybridized carbons (Fsp3) is 0.421. The minimum Gasteiger partial charge on any atom is -0.481 e. The summed E-state index contributed by atoms with van der Waals surface area (Å²) in [6.45, 7) is 1.49. The molecule has 1 aromatic rings. The number of ketones is 1. The van der Waals surface area contributed by atoms with Gasteiger partial charge in [-0.15, -0.1) is 0 Å². The summed E-state index contributed by atoms with van der Waals surface area (Å²) < 4.78 is 0. The maximum atomic E-state index is 12.8. The lowest BCUT2D eigenvalue weighted by atomic mass is 9.82. The molecule has 4 atom stereocenters. The van der Waals surface area contributed by atoms with Crippen molar-refractivity contribution in [1.82, 2.24) is 0 Å². The van der Waals surface area contributed by atoms with Gasteiger partial charge in [0, 0.05) is 11.3 Å². The Bertz CT molecular complexity index is 760. The first-order valence-electron chi connectivity index (χ1n) is 8.27. The van der Waals surface area contributed by atoms with Crippen molar-refractivity contribution in [3.8, 4) is 0 Å². The molecule has 5 heteroatoms. The molecular formula is C19H19NO4. The topological polar surface area (TPSA) is 83.5 Å². The van der Waals surface area contributed by atoms with E-state index in [2.05, 4.69) is 5.32 Å². The van der Waals surface area contributed by atoms with Gasteiger partial charge < -0.3 is 10.4 Å². The highest BCUT2D eigenvalue weighted by atomic mass is 16.4. The normalized spacial score (nSPS) is 31.2. The number of amides is 1. The summed E-state index contributed by atoms with van der Waals surface area (Å²) in [5.74, 6) is -2.30. The van der Waals surface area contributed by atoms with Crippen LogP contribution in [-0.4, -0.2) is 22.8 Å². The van der Waals surface area contributed by atoms with Crippen LogP contribution in [0.3, 0.4) is 0 Å². The van der Waals surface area contributed by atoms with E-state index in [1.54, 1.807) is 24.3 Å². The Morgan fingerprint density at radius 1 is 1.04 bits per heavy atom. The fourth-order valence-corrected chi connectivity index (χ4v) is 4.70. The molecule has 4 rings (SSSR count). The summed E-state index contributed by atoms with van der Waals surface area (Å²) in [6, 6.07) is 6.69. The summed E-state index contributed by atoms with van der Waals surface area (Å²) in [5, 5.41) is 12.5. The molecule has 1 amide bonds. The van der Waals surface area contributed by atoms with Crippen LogP contribution in [0.2, 0.25) is 0 Å². The second-order valence-corrected chi connectivity index (χ2v) is 7.18. The largest absolute Gasteiger partial charge is 0.481 e. The van der Waals surface area contributed by atoms with E-state index in [9.17, 15) is 19.5 Å². The Balaban J connectivity index is 1.56. The third-order valence-electron chi connectivity index (χ3n) is 5.99. The number of Topliss-reactive ketones (excluding diaryl/α,β-unsaturated/α-hetero) is 1. The van der Waals surface area contributed by atoms with Crippen LogP contribution in [0.1, 0.15) is 30.1 Å². The van der Waals surface area contributed by atoms with Crippen molar-refractivity contribution in [3.05, 3.63) is 42.0 Å². The van der Waals surface area contributed by atoms with Crippen molar-refractivity contribution < 1.29 is 19.5 Å². The number of hydrogen-bond acceptors (Lipinski definition) is 3. The molecule has 2 bridgehead atoms. The zero-order valence-corrected chi connectivity index (χ0v) is 13.4. The molecule has 24 heavy (non-hydrogen) atoms. The van der Waals surface area contributed by atoms with Crippen LogP contribution in [0.25, 0.3) is 0 Å². The molecule has 124 valence electrons. The molecule has 3 aliphatic carbocycles. The number of aliphatic carboxylic acids is 1. The molecule has 0 radical (unpaired) electrons. The average molecular weight is 325 g/mol. The first-order chi connectivity index (χ1) is 11.4. The van der Waals surface area contributed by atoms with E-state index < -0.39 is 17.8 Å². The van der Waals surface area contributed by atoms with Gasteiger partial charge in [0.25, 0.3) is 0 Å². The third-order valence-corrected chi connectivity index (χ3v) is 5.99. The molecule has 1 aromatic carbocycles. The summed E-state index contributed by atoms with van der Waals surface area (Å²) >= 11 is 0. The number of rotatable bonds is 4. The maximum Gasteiger partial charge on any atom is 0.307 e. The number of hydrogen-bond donors (Lipinski definition) is 2. The molecule has 0 heterocycles. The van der Waals surface area contributed by atoms with E-state index >= 15 is 0 Å². The molecule has 0 aromatic heterocycles. The number of benzene rings is 1. The zero-order valence-electron chi connectivity index (χ0n) is 13.4. The first-order valence-corrected chi connectivity index (χ1v) is 8.27. The number of carboxylic acids is 1. The van der Waals surface area contributed by atoms with Crippen LogP contribution in [0.4, 0.5) is 5.69 Å². The van der Waals surface area contributed by atoms with Gasteiger partial charge in [-0.25, -0.2) is 0 Å². The predicted octanol–water partition coefficient (Wildman–Crippen LogP) is 2.74. The quantitative estimate of drug-likeness (QED) is 0.658. The highest BCUT2D eigenvalue weighted by Gasteiger charge is 2.70. The number of carbonyl (C=O) groups excluding carboxylic acids is 2. The van der Waals surface area contributed by atoms with Crippen LogP contribution in [0.15, 0.2) is 36.4 Å². The summed E-state index contributed by atoms with van der Waals surface area (Å²) in [4.78, 5) is 35.8. The van der Waals surface area contributed by atoms with Crippen molar-refractivity contribution in [2.75, 3.05) is 5.32 Å². The zero-order chi connectivity index (χ0) is 17.1. The molecule has 2 fully saturated rings. The van der Waals surface area contributed by atoms with Crippen LogP contribution in [0.5, 0.6) is 0 Å². The Morgan fingerprint density at radius 3 is 2.12 bits per heavy atom. The minimum atomic E-state index is -0.884. The number of allylic oxidation sites excluding steroid dienone is 2. The van der Waals surface area contributed by atoms with Gasteiger partial charge in [0.15, 0.2) is 5.78 Å². The Morgan fingerprint density at radius 2 is 1.62 bits per heavy atom. The van der Waals surface area contributed by atoms with E-state index in [-0.39, 0.29) is 28.9 Å². The minimum absolute atomic E-state index is 0.0174. The molecule has 3 aliphatic rings. The SMILES string of the molecule is CC(=O)c1ccc(NC(=O)[C@@H]2[C@@H](C(=O)O)[C@H]3C=C[C@H]2C32CC2)cc1. The van der Waals surface area contributed by atoms with Crippen molar-refractivity contribution >= 4 is 23.3 Å². The molecule has 0 saturated heterocycles. The molecule has 0 unspecified atom stereocenters. The number of carboxylic acid groups (broad SMARTS) is 1. The lowest BCUT2D eigenvalue weighted by Gasteiger charge is -2.23. The Kier molecular flexibility index (Phi) is 3.17. The predicted molar refractivity (Wildman–Crippen MR) is 87.5 cm³/mol. The Labute approximate surface area is 139 Å². The second-order valence-electron chi connectivity index (χ2n) is 7.18. The van der Waals surface area contributed by atoms with Gasteiger partial charge in [-0.3, -0.25) is 14.4 Å². The van der Waals surface area contributed by atoms with E-state index in [4.69, 9.17) is 0 Å². The average Bonchev–Trinajstić information content (AvgIpc) is 3.21. The molecule has 0 aliphatic heterocycles. The molecule has 2 N–H and O–H groups in total. The van der Waals surface area contributed by atoms with Crippen molar-refractivity contribution in [2.45, 2.75) is 19.8 Å². The first kappa shape index (κ1) is 15.1. The van der Waals surface area contributed by atoms with E-state index in [0.717, 1.165) is 12.8 Å². The van der Waals surface area contributed by atoms with Crippen LogP contribution in [0, 0.1) is 29.1 Å². The van der Waals surface area contributed by atoms with Crippen molar-refractivity contribution in [2.24, 2.45) is 29.1 Å². The van der Waals surface area contributed by atoms with E-state index in [1.165, 1.54) is 6.92 Å². The number of carbonyl (C=O) groups is 3. The van der Waals surface area contributed by atoms with Gasteiger partial charge in [0.2, 0.25) is 5.91 Å². The summed E-state index contributed by atoms with van der Waals surface area (Å²) in [6.07, 6.45) is 6.06. The molecule has 1 spiro atoms. The van der Waals surface area contributed by atoms with E-state index in [1.807, 2.05) is 12.2 Å². The lowest BCUT2D eigenvalue weighted by Crippen LogP contribution is -2.36. The maximum absolute atomic E-state index is 12.8. The summed E-state index contributed by atoms with van der Waals surface area (Å²) in [7, 11) is 0. The highest BCUT2D eigenvalue weighted by Crippen LogP contribution is 2.72. The van der Waals surface area contributed by atoms with Gasteiger partial charge in [-0.1, -0.05) is 12.2 Å². The number of anilines is 1. The fourth-order valence-electron chi connectivity index (χ4n) is 4.70. The van der Waals surface area contributed by atoms with Gasteiger partial charge >= 0.3 is 5.97 Å². The lowest BCUT2D eigenvalue weighted by molar-refractivity contribution is -0.146. The second kappa shape index (κ2) is 5.03. The van der Waals surface area contributed by atoms with Gasteiger partial charge in [0.05, 0.1) is 11.8 Å². The molecule has 5 nitrogen and oxygen atoms in total. The van der Waals surface area contributed by atoms with Crippen molar-refractivity contribution in [3.63, 3.8) is 0 Å². The van der Waals surface area contributed by atoms with Gasteiger partial charge in [-0.05, 0) is 61.3 Å². The number of nitrogens with one attached hydrogen (secondary N) is 1. The van der Waals surface area contributed by atoms with Gasteiger partial charge in [0.1, 0.15) is 0 Å². The smallest absolute Gasteiger partial charge is 0.307 e. The Hall–Kier alpha value is -2.43. The monoisotopic (exact) mass is 325 g/mol. The van der Waals surface area contributed by atoms with E-state index in [0.29, 0.717) is 11.3 Å². The van der Waals surface area contributed by atoms with Crippen LogP contribution >= 0.6 is 0 Å². The molecular weight excluding hydrogens is 306 g/mol. The molecule has 2 saturated carbocycles. The van der Waals surface area contributed by atoms with Crippen LogP contribution in [-0.2, 0) is 9.59 Å². The van der Waals surface area contributed by atoms with Gasteiger partial charge in [-0.2, -0.15) is 0 Å². The third kappa shape index (κ3) is 2.04. The summed E-state index contributed by atoms with van der Waals surface area (Å²) in [5.41, 5.74) is 1.19. The standard InChI is InChI=1S/C19H19NO4/c1-10(21)11-2-4-12(5-3-11)20-17(22)15-13-6-7-14(16(15)18(23)24)19(13)8-9-19/h2-7,13-16H,8-9H2,1H3,(H,20,22)(H,23,24)/t13-,14-,15+,16+/m1/s1. The van der Waals surface area contributed by atoms with Crippen molar-refractivity contribution in [1.29, 1.82) is 0 Å². The highest BCUT2D eigenvalue weighted by molar-refractivity contribution is 5.98. The van der Waals surface area contributed by atoms with Crippen LogP contribution < -0.4 is 5.32 Å².